The number of nitrogens with zero attached hydrogens (tertiary/aromatic N) is 4. The lowest BCUT2D eigenvalue weighted by Crippen LogP contribution is -2.47. The largest absolute Gasteiger partial charge is 0.494 e. The molecule has 4 rings (SSSR count). The molecular weight excluding hydrogens is 416 g/mol. The smallest absolute Gasteiger partial charge is 0.286 e. The summed E-state index contributed by atoms with van der Waals surface area (Å²) in [5.74, 6) is 0.588. The van der Waals surface area contributed by atoms with Crippen LogP contribution in [-0.2, 0) is 4.79 Å². The number of carbonyl (C=O) groups is 1. The van der Waals surface area contributed by atoms with Crippen LogP contribution in [0.25, 0.3) is 6.08 Å². The zero-order valence-corrected chi connectivity index (χ0v) is 17.9. The number of ether oxygens (including phenoxy) is 1. The summed E-state index contributed by atoms with van der Waals surface area (Å²) in [5, 5.41) is 11.5. The van der Waals surface area contributed by atoms with Crippen molar-refractivity contribution in [3.63, 3.8) is 0 Å². The van der Waals surface area contributed by atoms with Crippen LogP contribution >= 0.6 is 11.8 Å². The molecular formula is C22H22N4O4S. The van der Waals surface area contributed by atoms with Crippen molar-refractivity contribution in [2.45, 2.75) is 6.92 Å². The molecule has 2 heterocycles. The summed E-state index contributed by atoms with van der Waals surface area (Å²) >= 11 is 1.40. The van der Waals surface area contributed by atoms with Crippen molar-refractivity contribution in [2.24, 2.45) is 4.99 Å². The number of carbonyl (C=O) groups excluding carboxylic acids is 1. The highest BCUT2D eigenvalue weighted by Crippen LogP contribution is 2.31. The number of hydrogen-bond donors (Lipinski definition) is 0. The van der Waals surface area contributed by atoms with E-state index in [0.29, 0.717) is 11.5 Å². The molecule has 2 aliphatic rings. The predicted octanol–water partition coefficient (Wildman–Crippen LogP) is 3.79. The van der Waals surface area contributed by atoms with Gasteiger partial charge in [0.25, 0.3) is 11.6 Å². The molecule has 0 aliphatic carbocycles. The monoisotopic (exact) mass is 438 g/mol. The van der Waals surface area contributed by atoms with Crippen LogP contribution in [0.4, 0.5) is 11.4 Å². The molecule has 0 bridgehead atoms. The maximum absolute atomic E-state index is 12.4. The molecule has 0 atom stereocenters. The number of rotatable bonds is 5. The molecule has 31 heavy (non-hydrogen) atoms. The minimum Gasteiger partial charge on any atom is -0.494 e. The molecule has 8 nitrogen and oxygen atoms in total. The summed E-state index contributed by atoms with van der Waals surface area (Å²) in [7, 11) is 0. The maximum Gasteiger partial charge on any atom is 0.286 e. The van der Waals surface area contributed by atoms with Crippen molar-refractivity contribution >= 4 is 40.3 Å². The van der Waals surface area contributed by atoms with Crippen LogP contribution in [-0.4, -0.2) is 53.7 Å². The molecule has 1 fully saturated rings. The molecule has 0 radical (unpaired) electrons. The van der Waals surface area contributed by atoms with Crippen LogP contribution in [0.2, 0.25) is 0 Å². The summed E-state index contributed by atoms with van der Waals surface area (Å²) in [4.78, 5) is 32.0. The number of anilines is 1. The van der Waals surface area contributed by atoms with Gasteiger partial charge in [0.2, 0.25) is 0 Å². The molecule has 0 aromatic heterocycles. The minimum absolute atomic E-state index is 0.0875. The van der Waals surface area contributed by atoms with Crippen molar-refractivity contribution in [1.29, 1.82) is 0 Å². The van der Waals surface area contributed by atoms with Crippen molar-refractivity contribution in [1.82, 2.24) is 4.90 Å². The second kappa shape index (κ2) is 9.22. The first kappa shape index (κ1) is 20.9. The van der Waals surface area contributed by atoms with Crippen LogP contribution < -0.4 is 9.64 Å². The fourth-order valence-corrected chi connectivity index (χ4v) is 4.42. The Labute approximate surface area is 184 Å². The Morgan fingerprint density at radius 3 is 2.32 bits per heavy atom. The number of aliphatic imine (C=N–C) groups is 1. The highest BCUT2D eigenvalue weighted by atomic mass is 32.2. The average molecular weight is 439 g/mol. The lowest BCUT2D eigenvalue weighted by atomic mass is 10.2. The van der Waals surface area contributed by atoms with E-state index in [0.717, 1.165) is 48.3 Å². The summed E-state index contributed by atoms with van der Waals surface area (Å²) in [6.45, 7) is 5.52. The molecule has 160 valence electrons. The first-order chi connectivity index (χ1) is 15.0. The quantitative estimate of drug-likeness (QED) is 0.399. The summed E-state index contributed by atoms with van der Waals surface area (Å²) < 4.78 is 5.45. The number of amidine groups is 1. The third-order valence-electron chi connectivity index (χ3n) is 5.07. The Bertz CT molecular complexity index is 1030. The van der Waals surface area contributed by atoms with E-state index in [1.165, 1.54) is 23.9 Å². The van der Waals surface area contributed by atoms with E-state index in [4.69, 9.17) is 4.74 Å². The number of non-ortho nitro benzene ring substituents is 1. The van der Waals surface area contributed by atoms with Gasteiger partial charge in [-0.15, -0.1) is 0 Å². The van der Waals surface area contributed by atoms with Gasteiger partial charge < -0.3 is 14.5 Å². The van der Waals surface area contributed by atoms with Crippen LogP contribution in [0.15, 0.2) is 58.4 Å². The number of amides is 1. The standard InChI is InChI=1S/C22H22N4O4S/c1-2-30-19-9-3-16(4-10-19)15-20-21(27)23-22(31-20)25-13-11-24(12-14-25)17-5-7-18(8-6-17)26(28)29/h3-10,15H,2,11-14H2,1H3. The fraction of sp³-hybridized carbons (Fsp3) is 0.273. The van der Waals surface area contributed by atoms with Gasteiger partial charge in [-0.25, -0.2) is 0 Å². The van der Waals surface area contributed by atoms with Gasteiger partial charge in [-0.2, -0.15) is 4.99 Å². The highest BCUT2D eigenvalue weighted by Gasteiger charge is 2.28. The zero-order chi connectivity index (χ0) is 21.8. The molecule has 2 aromatic rings. The molecule has 0 unspecified atom stereocenters. The predicted molar refractivity (Wildman–Crippen MR) is 123 cm³/mol. The lowest BCUT2D eigenvalue weighted by Gasteiger charge is -2.36. The maximum atomic E-state index is 12.4. The van der Waals surface area contributed by atoms with Gasteiger partial charge in [0, 0.05) is 44.0 Å². The first-order valence-corrected chi connectivity index (χ1v) is 10.8. The molecule has 9 heteroatoms. The van der Waals surface area contributed by atoms with Crippen molar-refractivity contribution < 1.29 is 14.5 Å². The topological polar surface area (TPSA) is 88.3 Å². The van der Waals surface area contributed by atoms with E-state index in [1.54, 1.807) is 12.1 Å². The van der Waals surface area contributed by atoms with E-state index in [2.05, 4.69) is 14.8 Å². The molecule has 0 saturated carbocycles. The van der Waals surface area contributed by atoms with E-state index < -0.39 is 4.92 Å². The summed E-state index contributed by atoms with van der Waals surface area (Å²) in [6.07, 6.45) is 1.85. The zero-order valence-electron chi connectivity index (χ0n) is 17.1. The van der Waals surface area contributed by atoms with Crippen molar-refractivity contribution in [2.75, 3.05) is 37.7 Å². The van der Waals surface area contributed by atoms with Crippen LogP contribution in [0.5, 0.6) is 5.75 Å². The number of nitro benzene ring substituents is 1. The Hall–Kier alpha value is -3.33. The number of piperazine rings is 1. The first-order valence-electron chi connectivity index (χ1n) is 10.0. The summed E-state index contributed by atoms with van der Waals surface area (Å²) in [5.41, 5.74) is 1.97. The SMILES string of the molecule is CCOc1ccc(C=C2SC(N3CCN(c4ccc([N+](=O)[O-])cc4)CC3)=NC2=O)cc1. The van der Waals surface area contributed by atoms with Crippen LogP contribution in [0.1, 0.15) is 12.5 Å². The molecule has 0 spiro atoms. The average Bonchev–Trinajstić information content (AvgIpc) is 3.15. The Morgan fingerprint density at radius 1 is 1.06 bits per heavy atom. The summed E-state index contributed by atoms with van der Waals surface area (Å²) in [6, 6.07) is 14.2. The number of thioether (sulfide) groups is 1. The van der Waals surface area contributed by atoms with Crippen LogP contribution in [0.3, 0.4) is 0 Å². The molecule has 0 N–H and O–H groups in total. The number of hydrogen-bond acceptors (Lipinski definition) is 7. The van der Waals surface area contributed by atoms with Gasteiger partial charge in [-0.3, -0.25) is 14.9 Å². The third-order valence-corrected chi connectivity index (χ3v) is 6.12. The highest BCUT2D eigenvalue weighted by molar-refractivity contribution is 8.18. The molecule has 1 saturated heterocycles. The van der Waals surface area contributed by atoms with E-state index in [-0.39, 0.29) is 11.6 Å². The van der Waals surface area contributed by atoms with E-state index in [1.807, 2.05) is 37.3 Å². The normalized spacial score (nSPS) is 17.8. The van der Waals surface area contributed by atoms with Gasteiger partial charge in [-0.05, 0) is 54.6 Å². The van der Waals surface area contributed by atoms with Crippen molar-refractivity contribution in [3.05, 3.63) is 69.1 Å². The van der Waals surface area contributed by atoms with Gasteiger partial charge in [0.1, 0.15) is 5.75 Å². The van der Waals surface area contributed by atoms with E-state index >= 15 is 0 Å². The molecule has 2 aliphatic heterocycles. The van der Waals surface area contributed by atoms with Gasteiger partial charge in [0.15, 0.2) is 5.17 Å². The fourth-order valence-electron chi connectivity index (χ4n) is 3.45. The molecule has 2 aromatic carbocycles. The Morgan fingerprint density at radius 2 is 1.71 bits per heavy atom. The van der Waals surface area contributed by atoms with Gasteiger partial charge in [-0.1, -0.05) is 12.1 Å². The van der Waals surface area contributed by atoms with Gasteiger partial charge in [0.05, 0.1) is 16.4 Å². The third kappa shape index (κ3) is 4.88. The Kier molecular flexibility index (Phi) is 6.22. The van der Waals surface area contributed by atoms with Crippen molar-refractivity contribution in [3.8, 4) is 5.75 Å². The second-order valence-corrected chi connectivity index (χ2v) is 8.07. The van der Waals surface area contributed by atoms with Crippen LogP contribution in [0, 0.1) is 10.1 Å². The van der Waals surface area contributed by atoms with E-state index in [9.17, 15) is 14.9 Å². The minimum atomic E-state index is -0.396. The number of benzene rings is 2. The second-order valence-electron chi connectivity index (χ2n) is 7.06. The van der Waals surface area contributed by atoms with Gasteiger partial charge >= 0.3 is 0 Å². The number of nitro groups is 1. The lowest BCUT2D eigenvalue weighted by molar-refractivity contribution is -0.384. The molecule has 1 amide bonds. The Balaban J connectivity index is 1.35.